The molecule has 0 spiro atoms. The number of imidazole rings is 1. The first-order chi connectivity index (χ1) is 13.3. The van der Waals surface area contributed by atoms with Gasteiger partial charge in [0, 0.05) is 24.3 Å². The number of hydrogen-bond donors (Lipinski definition) is 2. The van der Waals surface area contributed by atoms with Gasteiger partial charge in [-0.25, -0.2) is 4.98 Å². The largest absolute Gasteiger partial charge is 0.343 e. The number of aromatic nitrogens is 2. The first-order valence-electron chi connectivity index (χ1n) is 9.07. The highest BCUT2D eigenvalue weighted by Gasteiger charge is 2.58. The SMILES string of the molecule is Cc1cccc(-c2csc([C@@]3(C)NC(=N)N(C)C(=O)C3(C)n3ccnc3)c2)c1. The maximum absolute atomic E-state index is 13.4. The van der Waals surface area contributed by atoms with Gasteiger partial charge in [0.2, 0.25) is 0 Å². The number of benzene rings is 1. The van der Waals surface area contributed by atoms with Gasteiger partial charge < -0.3 is 9.88 Å². The van der Waals surface area contributed by atoms with Crippen molar-refractivity contribution < 1.29 is 4.79 Å². The zero-order valence-electron chi connectivity index (χ0n) is 16.4. The average molecular weight is 394 g/mol. The molecule has 0 radical (unpaired) electrons. The van der Waals surface area contributed by atoms with E-state index in [-0.39, 0.29) is 11.9 Å². The summed E-state index contributed by atoms with van der Waals surface area (Å²) in [5.41, 5.74) is 1.68. The molecule has 2 N–H and O–H groups in total. The van der Waals surface area contributed by atoms with Crippen LogP contribution in [-0.4, -0.2) is 33.4 Å². The Morgan fingerprint density at radius 2 is 2.00 bits per heavy atom. The van der Waals surface area contributed by atoms with Crippen LogP contribution in [0.3, 0.4) is 0 Å². The zero-order chi connectivity index (χ0) is 20.1. The number of carbonyl (C=O) groups is 1. The number of hydrogen-bond acceptors (Lipinski definition) is 4. The van der Waals surface area contributed by atoms with Crippen LogP contribution in [0.2, 0.25) is 0 Å². The van der Waals surface area contributed by atoms with Crippen molar-refractivity contribution in [2.45, 2.75) is 31.8 Å². The molecule has 1 saturated heterocycles. The first kappa shape index (κ1) is 18.4. The van der Waals surface area contributed by atoms with Gasteiger partial charge in [0.15, 0.2) is 5.96 Å². The van der Waals surface area contributed by atoms with Gasteiger partial charge >= 0.3 is 0 Å². The fourth-order valence-corrected chi connectivity index (χ4v) is 4.99. The second-order valence-corrected chi connectivity index (χ2v) is 8.49. The van der Waals surface area contributed by atoms with Crippen LogP contribution in [-0.2, 0) is 15.9 Å². The van der Waals surface area contributed by atoms with E-state index < -0.39 is 11.1 Å². The summed E-state index contributed by atoms with van der Waals surface area (Å²) in [7, 11) is 1.62. The molecule has 28 heavy (non-hydrogen) atoms. The van der Waals surface area contributed by atoms with Crippen LogP contribution in [0.5, 0.6) is 0 Å². The second kappa shape index (κ2) is 6.31. The molecule has 1 fully saturated rings. The van der Waals surface area contributed by atoms with Crippen molar-refractivity contribution in [3.63, 3.8) is 0 Å². The van der Waals surface area contributed by atoms with Gasteiger partial charge in [-0.2, -0.15) is 0 Å². The molecule has 0 bridgehead atoms. The molecule has 2 atom stereocenters. The van der Waals surface area contributed by atoms with Crippen molar-refractivity contribution in [3.8, 4) is 11.1 Å². The van der Waals surface area contributed by atoms with Gasteiger partial charge in [-0.1, -0.05) is 29.8 Å². The Morgan fingerprint density at radius 1 is 1.21 bits per heavy atom. The van der Waals surface area contributed by atoms with Crippen molar-refractivity contribution in [1.29, 1.82) is 5.41 Å². The Kier molecular flexibility index (Phi) is 4.15. The minimum atomic E-state index is -0.975. The summed E-state index contributed by atoms with van der Waals surface area (Å²) in [6.45, 7) is 5.96. The Balaban J connectivity index is 1.86. The highest BCUT2D eigenvalue weighted by atomic mass is 32.1. The lowest BCUT2D eigenvalue weighted by molar-refractivity contribution is -0.142. The van der Waals surface area contributed by atoms with E-state index in [9.17, 15) is 4.79 Å². The zero-order valence-corrected chi connectivity index (χ0v) is 17.2. The normalized spacial score (nSPS) is 25.1. The minimum absolute atomic E-state index is 0.0931. The number of nitrogens with one attached hydrogen (secondary N) is 2. The monoisotopic (exact) mass is 393 g/mol. The smallest absolute Gasteiger partial charge is 0.257 e. The number of guanidine groups is 1. The van der Waals surface area contributed by atoms with E-state index in [1.165, 1.54) is 10.5 Å². The summed E-state index contributed by atoms with van der Waals surface area (Å²) >= 11 is 1.60. The van der Waals surface area contributed by atoms with Crippen LogP contribution < -0.4 is 5.32 Å². The highest BCUT2D eigenvalue weighted by Crippen LogP contribution is 2.45. The van der Waals surface area contributed by atoms with Crippen LogP contribution in [0.25, 0.3) is 11.1 Å². The van der Waals surface area contributed by atoms with E-state index in [0.717, 1.165) is 16.0 Å². The fraction of sp³-hybridized carbons (Fsp3) is 0.286. The third kappa shape index (κ3) is 2.50. The molecule has 1 aliphatic heterocycles. The summed E-state index contributed by atoms with van der Waals surface area (Å²) in [4.78, 5) is 19.9. The average Bonchev–Trinajstić information content (AvgIpc) is 3.37. The fourth-order valence-electron chi connectivity index (χ4n) is 3.85. The molecule has 0 saturated carbocycles. The quantitative estimate of drug-likeness (QED) is 0.715. The van der Waals surface area contributed by atoms with Crippen molar-refractivity contribution in [2.75, 3.05) is 7.05 Å². The molecule has 7 heteroatoms. The molecule has 4 rings (SSSR count). The molecule has 1 aliphatic rings. The second-order valence-electron chi connectivity index (χ2n) is 7.57. The minimum Gasteiger partial charge on any atom is -0.343 e. The van der Waals surface area contributed by atoms with Crippen LogP contribution in [0.1, 0.15) is 24.3 Å². The number of nitrogens with zero attached hydrogens (tertiary/aromatic N) is 3. The molecule has 1 aromatic carbocycles. The topological polar surface area (TPSA) is 74.0 Å². The van der Waals surface area contributed by atoms with Crippen molar-refractivity contribution in [2.24, 2.45) is 0 Å². The number of carbonyl (C=O) groups excluding carboxylic acids is 1. The van der Waals surface area contributed by atoms with Crippen LogP contribution >= 0.6 is 11.3 Å². The van der Waals surface area contributed by atoms with Crippen LogP contribution in [0.15, 0.2) is 54.4 Å². The molecule has 3 aromatic rings. The number of amides is 1. The first-order valence-corrected chi connectivity index (χ1v) is 9.95. The molecule has 3 heterocycles. The molecule has 1 unspecified atom stereocenters. The highest BCUT2D eigenvalue weighted by molar-refractivity contribution is 7.10. The molecule has 0 aliphatic carbocycles. The van der Waals surface area contributed by atoms with E-state index in [1.54, 1.807) is 37.1 Å². The Hall–Kier alpha value is -2.93. The van der Waals surface area contributed by atoms with Gasteiger partial charge in [-0.3, -0.25) is 15.1 Å². The lowest BCUT2D eigenvalue weighted by Gasteiger charge is -2.52. The summed E-state index contributed by atoms with van der Waals surface area (Å²) in [6, 6.07) is 10.5. The Bertz CT molecular complexity index is 1060. The summed E-state index contributed by atoms with van der Waals surface area (Å²) in [6.07, 6.45) is 5.14. The lowest BCUT2D eigenvalue weighted by atomic mass is 9.75. The van der Waals surface area contributed by atoms with Gasteiger partial charge in [0.05, 0.1) is 6.33 Å². The van der Waals surface area contributed by atoms with Crippen LogP contribution in [0.4, 0.5) is 0 Å². The summed E-state index contributed by atoms with van der Waals surface area (Å²) < 4.78 is 1.83. The Labute approximate surface area is 168 Å². The van der Waals surface area contributed by atoms with Crippen molar-refractivity contribution in [3.05, 3.63) is 64.9 Å². The van der Waals surface area contributed by atoms with Crippen molar-refractivity contribution >= 4 is 23.2 Å². The maximum Gasteiger partial charge on any atom is 0.257 e. The molecular weight excluding hydrogens is 370 g/mol. The predicted molar refractivity (Wildman–Crippen MR) is 111 cm³/mol. The molecule has 6 nitrogen and oxygen atoms in total. The number of thiophene rings is 1. The van der Waals surface area contributed by atoms with E-state index in [2.05, 4.69) is 46.9 Å². The van der Waals surface area contributed by atoms with Crippen molar-refractivity contribution in [1.82, 2.24) is 19.8 Å². The molecule has 144 valence electrons. The van der Waals surface area contributed by atoms with Gasteiger partial charge in [0.25, 0.3) is 5.91 Å². The molecule has 1 amide bonds. The summed E-state index contributed by atoms with van der Waals surface area (Å²) in [5.74, 6) is -0.0575. The number of aryl methyl sites for hydroxylation is 1. The van der Waals surface area contributed by atoms with E-state index in [0.29, 0.717) is 0 Å². The molecular formula is C21H23N5OS. The third-order valence-electron chi connectivity index (χ3n) is 5.86. The van der Waals surface area contributed by atoms with Crippen LogP contribution in [0, 0.1) is 12.3 Å². The van der Waals surface area contributed by atoms with Gasteiger partial charge in [0.1, 0.15) is 11.1 Å². The van der Waals surface area contributed by atoms with Gasteiger partial charge in [-0.05, 0) is 43.3 Å². The standard InChI is InChI=1S/C21H23N5OS/c1-14-6-5-7-15(10-14)16-11-17(28-12-16)20(2)21(3,26-9-8-23-13-26)18(27)25(4)19(22)24-20/h5-13H,1-4H3,(H2,22,24)/t20-,21?/m1/s1. The Morgan fingerprint density at radius 3 is 2.68 bits per heavy atom. The summed E-state index contributed by atoms with van der Waals surface area (Å²) in [5, 5.41) is 13.7. The van der Waals surface area contributed by atoms with E-state index in [1.807, 2.05) is 24.5 Å². The number of rotatable bonds is 3. The molecule has 2 aromatic heterocycles. The maximum atomic E-state index is 13.4. The van der Waals surface area contributed by atoms with E-state index in [4.69, 9.17) is 5.41 Å². The van der Waals surface area contributed by atoms with E-state index >= 15 is 0 Å². The van der Waals surface area contributed by atoms with Gasteiger partial charge in [-0.15, -0.1) is 11.3 Å². The third-order valence-corrected chi connectivity index (χ3v) is 7.01. The number of likely N-dealkylation sites (N-methyl/N-ethyl adjacent to an activating group) is 1. The predicted octanol–water partition coefficient (Wildman–Crippen LogP) is 3.55. The lowest BCUT2D eigenvalue weighted by Crippen LogP contribution is -2.72.